The zero-order chi connectivity index (χ0) is 14.1. The van der Waals surface area contributed by atoms with E-state index in [0.717, 1.165) is 17.8 Å². The number of hydrogen-bond acceptors (Lipinski definition) is 3. The third-order valence-corrected chi connectivity index (χ3v) is 2.90. The lowest BCUT2D eigenvalue weighted by atomic mass is 10.2. The molecule has 0 amide bonds. The van der Waals surface area contributed by atoms with Gasteiger partial charge in [0, 0.05) is 4.75 Å². The number of carbonyl (C=O) groups is 1. The van der Waals surface area contributed by atoms with Crippen LogP contribution in [0, 0.1) is 0 Å². The van der Waals surface area contributed by atoms with E-state index >= 15 is 0 Å². The number of carboxylic acids is 1. The number of thioether (sulfide) groups is 1. The molecule has 0 aliphatic carbocycles. The fourth-order valence-corrected chi connectivity index (χ4v) is 2.12. The summed E-state index contributed by atoms with van der Waals surface area (Å²) in [6, 6.07) is 1.61. The Labute approximate surface area is 106 Å². The van der Waals surface area contributed by atoms with E-state index in [9.17, 15) is 18.0 Å². The van der Waals surface area contributed by atoms with E-state index in [1.54, 1.807) is 20.8 Å². The molecule has 0 saturated carbocycles. The lowest BCUT2D eigenvalue weighted by Gasteiger charge is -2.19. The summed E-state index contributed by atoms with van der Waals surface area (Å²) in [5.41, 5.74) is -1.30. The number of carboxylic acid groups (broad SMARTS) is 1. The third kappa shape index (κ3) is 3.90. The molecule has 0 aliphatic rings. The SMILES string of the molecule is CC(C)(C)Sc1nc(C(F)(F)F)ccc1C(=O)O. The molecular weight excluding hydrogens is 267 g/mol. The molecular formula is C11H12F3NO2S. The second-order valence-corrected chi connectivity index (χ2v) is 6.38. The van der Waals surface area contributed by atoms with Crippen molar-refractivity contribution in [2.45, 2.75) is 36.7 Å². The zero-order valence-corrected chi connectivity index (χ0v) is 10.8. The lowest BCUT2D eigenvalue weighted by molar-refractivity contribution is -0.141. The first kappa shape index (κ1) is 14.8. The maximum Gasteiger partial charge on any atom is 0.433 e. The Bertz CT molecular complexity index is 466. The van der Waals surface area contributed by atoms with Crippen molar-refractivity contribution in [2.24, 2.45) is 0 Å². The van der Waals surface area contributed by atoms with E-state index in [-0.39, 0.29) is 10.6 Å². The highest BCUT2D eigenvalue weighted by Gasteiger charge is 2.34. The van der Waals surface area contributed by atoms with E-state index < -0.39 is 22.6 Å². The van der Waals surface area contributed by atoms with E-state index in [1.807, 2.05) is 0 Å². The van der Waals surface area contributed by atoms with Crippen LogP contribution in [-0.4, -0.2) is 20.8 Å². The summed E-state index contributed by atoms with van der Waals surface area (Å²) in [5.74, 6) is -1.29. The number of nitrogens with zero attached hydrogens (tertiary/aromatic N) is 1. The molecule has 0 saturated heterocycles. The predicted molar refractivity (Wildman–Crippen MR) is 61.8 cm³/mol. The van der Waals surface area contributed by atoms with Gasteiger partial charge in [0.05, 0.1) is 5.56 Å². The summed E-state index contributed by atoms with van der Waals surface area (Å²) >= 11 is 0.994. The first-order valence-corrected chi connectivity index (χ1v) is 5.83. The fourth-order valence-electron chi connectivity index (χ4n) is 1.13. The minimum Gasteiger partial charge on any atom is -0.478 e. The summed E-state index contributed by atoms with van der Waals surface area (Å²) in [6.07, 6.45) is -4.58. The average molecular weight is 279 g/mol. The first-order chi connectivity index (χ1) is 8.00. The van der Waals surface area contributed by atoms with Crippen LogP contribution >= 0.6 is 11.8 Å². The normalized spacial score (nSPS) is 12.6. The topological polar surface area (TPSA) is 50.2 Å². The van der Waals surface area contributed by atoms with Crippen LogP contribution < -0.4 is 0 Å². The standard InChI is InChI=1S/C11H12F3NO2S/c1-10(2,3)18-8-6(9(16)17)4-5-7(15-8)11(12,13)14/h4-5H,1-3H3,(H,16,17). The van der Waals surface area contributed by atoms with Gasteiger partial charge in [-0.1, -0.05) is 32.5 Å². The van der Waals surface area contributed by atoms with Crippen molar-refractivity contribution in [3.63, 3.8) is 0 Å². The minimum absolute atomic E-state index is 0.121. The lowest BCUT2D eigenvalue weighted by Crippen LogP contribution is -2.14. The number of halogens is 3. The van der Waals surface area contributed by atoms with Gasteiger partial charge in [-0.05, 0) is 12.1 Å². The Hall–Kier alpha value is -1.24. The quantitative estimate of drug-likeness (QED) is 0.839. The van der Waals surface area contributed by atoms with Gasteiger partial charge in [0.25, 0.3) is 0 Å². The minimum atomic E-state index is -4.58. The highest BCUT2D eigenvalue weighted by molar-refractivity contribution is 8.00. The predicted octanol–water partition coefficient (Wildman–Crippen LogP) is 3.69. The van der Waals surface area contributed by atoms with Gasteiger partial charge in [-0.3, -0.25) is 0 Å². The molecule has 1 N–H and O–H groups in total. The van der Waals surface area contributed by atoms with Gasteiger partial charge in [-0.2, -0.15) is 13.2 Å². The number of rotatable bonds is 2. The Morgan fingerprint density at radius 3 is 2.22 bits per heavy atom. The second-order valence-electron chi connectivity index (χ2n) is 4.57. The summed E-state index contributed by atoms with van der Waals surface area (Å²) in [5, 5.41) is 8.80. The molecule has 1 aromatic heterocycles. The van der Waals surface area contributed by atoms with E-state index in [1.165, 1.54) is 0 Å². The smallest absolute Gasteiger partial charge is 0.433 e. The van der Waals surface area contributed by atoms with Crippen LogP contribution in [0.15, 0.2) is 17.2 Å². The van der Waals surface area contributed by atoms with Gasteiger partial charge < -0.3 is 5.11 Å². The maximum atomic E-state index is 12.5. The molecule has 100 valence electrons. The van der Waals surface area contributed by atoms with Crippen LogP contribution in [-0.2, 0) is 6.18 Å². The average Bonchev–Trinajstić information content (AvgIpc) is 2.12. The Morgan fingerprint density at radius 2 is 1.83 bits per heavy atom. The van der Waals surface area contributed by atoms with Gasteiger partial charge in [0.2, 0.25) is 0 Å². The fraction of sp³-hybridized carbons (Fsp3) is 0.455. The van der Waals surface area contributed by atoms with Crippen LogP contribution in [0.2, 0.25) is 0 Å². The third-order valence-electron chi connectivity index (χ3n) is 1.78. The van der Waals surface area contributed by atoms with Crippen LogP contribution in [0.3, 0.4) is 0 Å². The molecule has 0 aromatic carbocycles. The molecule has 0 bridgehead atoms. The molecule has 0 fully saturated rings. The highest BCUT2D eigenvalue weighted by Crippen LogP contribution is 2.35. The molecule has 18 heavy (non-hydrogen) atoms. The van der Waals surface area contributed by atoms with Gasteiger partial charge in [0.15, 0.2) is 0 Å². The second kappa shape index (κ2) is 4.79. The molecule has 0 unspecified atom stereocenters. The van der Waals surface area contributed by atoms with Crippen molar-refractivity contribution < 1.29 is 23.1 Å². The van der Waals surface area contributed by atoms with Crippen molar-refractivity contribution in [1.29, 1.82) is 0 Å². The van der Waals surface area contributed by atoms with Crippen molar-refractivity contribution in [1.82, 2.24) is 4.98 Å². The molecule has 7 heteroatoms. The number of aromatic carboxylic acids is 1. The Kier molecular flexibility index (Phi) is 3.95. The largest absolute Gasteiger partial charge is 0.478 e. The van der Waals surface area contributed by atoms with Crippen molar-refractivity contribution >= 4 is 17.7 Å². The summed E-state index contributed by atoms with van der Waals surface area (Å²) in [7, 11) is 0. The number of aromatic nitrogens is 1. The molecule has 1 aromatic rings. The Morgan fingerprint density at radius 1 is 1.28 bits per heavy atom. The van der Waals surface area contributed by atoms with E-state index in [4.69, 9.17) is 5.11 Å². The van der Waals surface area contributed by atoms with Gasteiger partial charge in [-0.15, -0.1) is 0 Å². The van der Waals surface area contributed by atoms with Crippen LogP contribution in [0.4, 0.5) is 13.2 Å². The molecule has 0 atom stereocenters. The summed E-state index contributed by atoms with van der Waals surface area (Å²) < 4.78 is 37.1. The van der Waals surface area contributed by atoms with E-state index in [0.29, 0.717) is 6.07 Å². The molecule has 1 heterocycles. The first-order valence-electron chi connectivity index (χ1n) is 5.01. The highest BCUT2D eigenvalue weighted by atomic mass is 32.2. The molecule has 0 radical (unpaired) electrons. The summed E-state index contributed by atoms with van der Waals surface area (Å²) in [6.45, 7) is 5.31. The molecule has 0 aliphatic heterocycles. The van der Waals surface area contributed by atoms with Crippen molar-refractivity contribution in [2.75, 3.05) is 0 Å². The van der Waals surface area contributed by atoms with Crippen LogP contribution in [0.1, 0.15) is 36.8 Å². The number of hydrogen-bond donors (Lipinski definition) is 1. The molecule has 0 spiro atoms. The van der Waals surface area contributed by atoms with Crippen LogP contribution in [0.25, 0.3) is 0 Å². The van der Waals surface area contributed by atoms with Crippen molar-refractivity contribution in [3.05, 3.63) is 23.4 Å². The number of pyridine rings is 1. The van der Waals surface area contributed by atoms with E-state index in [2.05, 4.69) is 4.98 Å². The summed E-state index contributed by atoms with van der Waals surface area (Å²) in [4.78, 5) is 14.3. The molecule has 1 rings (SSSR count). The maximum absolute atomic E-state index is 12.5. The van der Waals surface area contributed by atoms with Gasteiger partial charge in [-0.25, -0.2) is 9.78 Å². The monoisotopic (exact) mass is 279 g/mol. The zero-order valence-electron chi connectivity index (χ0n) is 10.00. The Balaban J connectivity index is 3.29. The molecule has 3 nitrogen and oxygen atoms in total. The number of alkyl halides is 3. The van der Waals surface area contributed by atoms with Gasteiger partial charge in [0.1, 0.15) is 10.7 Å². The van der Waals surface area contributed by atoms with Gasteiger partial charge >= 0.3 is 12.1 Å². The van der Waals surface area contributed by atoms with Crippen molar-refractivity contribution in [3.8, 4) is 0 Å². The van der Waals surface area contributed by atoms with Crippen LogP contribution in [0.5, 0.6) is 0 Å².